The van der Waals surface area contributed by atoms with Crippen molar-refractivity contribution in [1.29, 1.82) is 0 Å². The van der Waals surface area contributed by atoms with E-state index in [1.807, 2.05) is 31.8 Å². The van der Waals surface area contributed by atoms with E-state index in [-0.39, 0.29) is 4.90 Å². The normalized spacial score (nSPS) is 10.7. The molecule has 108 valence electrons. The zero-order valence-corrected chi connectivity index (χ0v) is 12.8. The molecule has 0 unspecified atom stereocenters. The third-order valence-electron chi connectivity index (χ3n) is 2.72. The van der Waals surface area contributed by atoms with Gasteiger partial charge in [0, 0.05) is 13.0 Å². The van der Waals surface area contributed by atoms with E-state index in [9.17, 15) is 13.0 Å². The molecular formula is C14H18N2O3S. The Bertz CT molecular complexity index is 680. The van der Waals surface area contributed by atoms with Gasteiger partial charge in [-0.3, -0.25) is 0 Å². The highest BCUT2D eigenvalue weighted by atomic mass is 32.2. The zero-order chi connectivity index (χ0) is 15.3. The van der Waals surface area contributed by atoms with Gasteiger partial charge in [0.15, 0.2) is 5.69 Å². The summed E-state index contributed by atoms with van der Waals surface area (Å²) in [4.78, 5) is 3.92. The van der Waals surface area contributed by atoms with E-state index in [1.165, 1.54) is 17.8 Å². The predicted octanol–water partition coefficient (Wildman–Crippen LogP) is 1.42. The maximum atomic E-state index is 10.4. The lowest BCUT2D eigenvalue weighted by Gasteiger charge is -2.05. The SMILES string of the molecule is Cc1cc(C)[n+](C)cn1.Cc1ccc(S(=O)(=O)[O-])cc1. The van der Waals surface area contributed by atoms with Crippen LogP contribution in [-0.2, 0) is 17.2 Å². The van der Waals surface area contributed by atoms with E-state index in [1.54, 1.807) is 12.1 Å². The Labute approximate surface area is 119 Å². The van der Waals surface area contributed by atoms with Crippen LogP contribution in [0.1, 0.15) is 17.0 Å². The average Bonchev–Trinajstić information content (AvgIpc) is 2.34. The fourth-order valence-electron chi connectivity index (χ4n) is 1.42. The van der Waals surface area contributed by atoms with Gasteiger partial charge in [-0.1, -0.05) is 22.7 Å². The summed E-state index contributed by atoms with van der Waals surface area (Å²) in [5, 5.41) is 0. The molecule has 1 aromatic carbocycles. The molecule has 6 heteroatoms. The van der Waals surface area contributed by atoms with Crippen molar-refractivity contribution < 1.29 is 17.5 Å². The number of rotatable bonds is 1. The topological polar surface area (TPSA) is 74.0 Å². The zero-order valence-electron chi connectivity index (χ0n) is 12.0. The van der Waals surface area contributed by atoms with Crippen molar-refractivity contribution >= 4 is 10.1 Å². The number of hydrogen-bond donors (Lipinski definition) is 0. The van der Waals surface area contributed by atoms with E-state index in [4.69, 9.17) is 0 Å². The van der Waals surface area contributed by atoms with E-state index < -0.39 is 10.1 Å². The van der Waals surface area contributed by atoms with Crippen LogP contribution in [0.15, 0.2) is 41.6 Å². The number of aromatic nitrogens is 2. The van der Waals surface area contributed by atoms with Crippen LogP contribution >= 0.6 is 0 Å². The Morgan fingerprint density at radius 2 is 1.65 bits per heavy atom. The van der Waals surface area contributed by atoms with Crippen LogP contribution in [0, 0.1) is 20.8 Å². The van der Waals surface area contributed by atoms with Gasteiger partial charge in [-0.25, -0.2) is 13.0 Å². The van der Waals surface area contributed by atoms with Crippen molar-refractivity contribution in [2.75, 3.05) is 0 Å². The van der Waals surface area contributed by atoms with Crippen LogP contribution in [0.5, 0.6) is 0 Å². The van der Waals surface area contributed by atoms with E-state index in [0.717, 1.165) is 11.3 Å². The van der Waals surface area contributed by atoms with E-state index in [0.29, 0.717) is 0 Å². The minimum Gasteiger partial charge on any atom is -0.744 e. The van der Waals surface area contributed by atoms with Crippen molar-refractivity contribution in [1.82, 2.24) is 4.98 Å². The quantitative estimate of drug-likeness (QED) is 0.589. The van der Waals surface area contributed by atoms with Crippen LogP contribution in [0.25, 0.3) is 0 Å². The van der Waals surface area contributed by atoms with Crippen LogP contribution in [0.3, 0.4) is 0 Å². The summed E-state index contributed by atoms with van der Waals surface area (Å²) in [7, 11) is -2.28. The third-order valence-corrected chi connectivity index (χ3v) is 3.57. The first kappa shape index (κ1) is 16.3. The Hall–Kier alpha value is -1.79. The maximum absolute atomic E-state index is 10.4. The van der Waals surface area contributed by atoms with E-state index >= 15 is 0 Å². The molecule has 2 rings (SSSR count). The molecule has 0 bridgehead atoms. The molecule has 0 atom stereocenters. The highest BCUT2D eigenvalue weighted by molar-refractivity contribution is 7.85. The van der Waals surface area contributed by atoms with Crippen LogP contribution in [-0.4, -0.2) is 18.0 Å². The summed E-state index contributed by atoms with van der Waals surface area (Å²) in [5.41, 5.74) is 3.24. The lowest BCUT2D eigenvalue weighted by molar-refractivity contribution is -0.680. The largest absolute Gasteiger partial charge is 0.744 e. The summed E-state index contributed by atoms with van der Waals surface area (Å²) < 4.78 is 33.2. The number of hydrogen-bond acceptors (Lipinski definition) is 4. The van der Waals surface area contributed by atoms with Gasteiger partial charge in [-0.05, 0) is 26.0 Å². The minimum absolute atomic E-state index is 0.178. The van der Waals surface area contributed by atoms with Gasteiger partial charge < -0.3 is 4.55 Å². The molecule has 0 aliphatic carbocycles. The maximum Gasteiger partial charge on any atom is 0.286 e. The van der Waals surface area contributed by atoms with Crippen molar-refractivity contribution in [2.24, 2.45) is 7.05 Å². The van der Waals surface area contributed by atoms with Crippen LogP contribution in [0.4, 0.5) is 0 Å². The molecule has 0 amide bonds. The first-order chi connectivity index (χ1) is 9.20. The lowest BCUT2D eigenvalue weighted by Crippen LogP contribution is -2.32. The number of benzene rings is 1. The summed E-state index contributed by atoms with van der Waals surface area (Å²) in [5.74, 6) is 0. The molecule has 0 aliphatic heterocycles. The molecule has 20 heavy (non-hydrogen) atoms. The first-order valence-electron chi connectivity index (χ1n) is 6.01. The lowest BCUT2D eigenvalue weighted by atomic mass is 10.2. The number of aryl methyl sites for hydroxylation is 4. The smallest absolute Gasteiger partial charge is 0.286 e. The van der Waals surface area contributed by atoms with Gasteiger partial charge in [-0.15, -0.1) is 0 Å². The fraction of sp³-hybridized carbons (Fsp3) is 0.286. The molecule has 2 aromatic rings. The molecule has 0 N–H and O–H groups in total. The average molecular weight is 294 g/mol. The summed E-state index contributed by atoms with van der Waals surface area (Å²) in [6, 6.07) is 7.84. The molecule has 5 nitrogen and oxygen atoms in total. The Morgan fingerprint density at radius 3 is 2.05 bits per heavy atom. The van der Waals surface area contributed by atoms with E-state index in [2.05, 4.69) is 18.0 Å². The van der Waals surface area contributed by atoms with Crippen LogP contribution in [0.2, 0.25) is 0 Å². The molecular weight excluding hydrogens is 276 g/mol. The molecule has 0 saturated carbocycles. The molecule has 0 fully saturated rings. The van der Waals surface area contributed by atoms with Crippen molar-refractivity contribution in [3.8, 4) is 0 Å². The summed E-state index contributed by atoms with van der Waals surface area (Å²) >= 11 is 0. The van der Waals surface area contributed by atoms with Crippen molar-refractivity contribution in [3.63, 3.8) is 0 Å². The summed E-state index contributed by atoms with van der Waals surface area (Å²) in [6.45, 7) is 5.88. The third kappa shape index (κ3) is 5.07. The second-order valence-electron chi connectivity index (χ2n) is 4.55. The number of nitrogens with zero attached hydrogens (tertiary/aromatic N) is 2. The Balaban J connectivity index is 0.000000204. The van der Waals surface area contributed by atoms with Gasteiger partial charge in [0.1, 0.15) is 15.8 Å². The Morgan fingerprint density at radius 1 is 1.10 bits per heavy atom. The molecule has 0 radical (unpaired) electrons. The van der Waals surface area contributed by atoms with Gasteiger partial charge in [0.2, 0.25) is 0 Å². The highest BCUT2D eigenvalue weighted by Gasteiger charge is 1.98. The second-order valence-corrected chi connectivity index (χ2v) is 5.93. The van der Waals surface area contributed by atoms with Crippen molar-refractivity contribution in [2.45, 2.75) is 25.7 Å². The monoisotopic (exact) mass is 294 g/mol. The molecule has 1 aromatic heterocycles. The van der Waals surface area contributed by atoms with Gasteiger partial charge in [0.25, 0.3) is 6.33 Å². The fourth-order valence-corrected chi connectivity index (χ4v) is 1.88. The van der Waals surface area contributed by atoms with Crippen LogP contribution < -0.4 is 4.57 Å². The van der Waals surface area contributed by atoms with Gasteiger partial charge in [0.05, 0.1) is 11.9 Å². The molecule has 0 aliphatic rings. The first-order valence-corrected chi connectivity index (χ1v) is 7.42. The predicted molar refractivity (Wildman–Crippen MR) is 74.0 cm³/mol. The highest BCUT2D eigenvalue weighted by Crippen LogP contribution is 2.08. The molecule has 0 spiro atoms. The Kier molecular flexibility index (Phi) is 5.35. The van der Waals surface area contributed by atoms with Crippen molar-refractivity contribution in [3.05, 3.63) is 53.6 Å². The standard InChI is InChI=1S/C7H11N2.C7H8O3S/c1-6-4-7(2)9(3)5-8-6;1-6-2-4-7(5-3-6)11(8,9)10/h4-5H,1-3H3;2-5H,1H3,(H,8,9,10)/q+1;/p-1. The minimum atomic E-state index is -4.27. The summed E-state index contributed by atoms with van der Waals surface area (Å²) in [6.07, 6.45) is 1.82. The second kappa shape index (κ2) is 6.58. The van der Waals surface area contributed by atoms with Gasteiger partial charge >= 0.3 is 0 Å². The molecule has 0 saturated heterocycles. The molecule has 1 heterocycles. The van der Waals surface area contributed by atoms with Gasteiger partial charge in [-0.2, -0.15) is 0 Å².